The lowest BCUT2D eigenvalue weighted by molar-refractivity contribution is -0.113. The number of nitrogens with zero attached hydrogens (tertiary/aromatic N) is 1. The zero-order chi connectivity index (χ0) is 22.6. The Balaban J connectivity index is 1.62. The van der Waals surface area contributed by atoms with Crippen LogP contribution in [0.3, 0.4) is 0 Å². The van der Waals surface area contributed by atoms with Crippen molar-refractivity contribution in [3.05, 3.63) is 60.0 Å². The Hall–Kier alpha value is -3.33. The molecule has 3 rings (SSSR count). The summed E-state index contributed by atoms with van der Waals surface area (Å²) in [6.07, 6.45) is 0.0151. The SMILES string of the molecule is Cc1nc(-c2cccc(NC(=O)CS(=O)(=O)Nc3ccc(OC(C)C)cc3)c2)oc1C. The molecule has 0 radical (unpaired) electrons. The van der Waals surface area contributed by atoms with Crippen LogP contribution in [0.25, 0.3) is 11.5 Å². The maximum Gasteiger partial charge on any atom is 0.241 e. The quantitative estimate of drug-likeness (QED) is 0.542. The van der Waals surface area contributed by atoms with Gasteiger partial charge < -0.3 is 14.5 Å². The highest BCUT2D eigenvalue weighted by atomic mass is 32.2. The van der Waals surface area contributed by atoms with E-state index in [9.17, 15) is 13.2 Å². The third-order valence-electron chi connectivity index (χ3n) is 4.24. The molecular weight excluding hydrogens is 418 g/mol. The maximum atomic E-state index is 12.4. The van der Waals surface area contributed by atoms with Crippen LogP contribution in [0.1, 0.15) is 25.3 Å². The van der Waals surface area contributed by atoms with Crippen LogP contribution in [-0.4, -0.2) is 31.2 Å². The van der Waals surface area contributed by atoms with Gasteiger partial charge >= 0.3 is 0 Å². The topological polar surface area (TPSA) is 111 Å². The van der Waals surface area contributed by atoms with Crippen LogP contribution in [0.4, 0.5) is 11.4 Å². The molecule has 31 heavy (non-hydrogen) atoms. The van der Waals surface area contributed by atoms with Crippen LogP contribution in [0.5, 0.6) is 5.75 Å². The molecule has 0 aliphatic carbocycles. The summed E-state index contributed by atoms with van der Waals surface area (Å²) in [5.41, 5.74) is 2.26. The first-order valence-corrected chi connectivity index (χ1v) is 11.4. The van der Waals surface area contributed by atoms with Crippen molar-refractivity contribution in [1.82, 2.24) is 4.98 Å². The van der Waals surface area contributed by atoms with E-state index in [1.807, 2.05) is 27.7 Å². The summed E-state index contributed by atoms with van der Waals surface area (Å²) in [6, 6.07) is 13.4. The zero-order valence-corrected chi connectivity index (χ0v) is 18.6. The number of carbonyl (C=O) groups excluding carboxylic acids is 1. The minimum Gasteiger partial charge on any atom is -0.491 e. The van der Waals surface area contributed by atoms with E-state index in [0.717, 1.165) is 5.69 Å². The normalized spacial score (nSPS) is 11.4. The lowest BCUT2D eigenvalue weighted by Crippen LogP contribution is -2.27. The second-order valence-electron chi connectivity index (χ2n) is 7.34. The summed E-state index contributed by atoms with van der Waals surface area (Å²) in [7, 11) is -3.89. The third kappa shape index (κ3) is 6.32. The lowest BCUT2D eigenvalue weighted by atomic mass is 10.2. The molecule has 9 heteroatoms. The van der Waals surface area contributed by atoms with Crippen LogP contribution in [-0.2, 0) is 14.8 Å². The van der Waals surface area contributed by atoms with Crippen molar-refractivity contribution in [2.75, 3.05) is 15.8 Å². The van der Waals surface area contributed by atoms with Gasteiger partial charge in [0.25, 0.3) is 0 Å². The molecule has 164 valence electrons. The standard InChI is InChI=1S/C22H25N3O5S/c1-14(2)29-20-10-8-18(9-11-20)25-31(27,28)13-21(26)24-19-7-5-6-17(12-19)22-23-15(3)16(4)30-22/h5-12,14,25H,13H2,1-4H3,(H,24,26). The molecular formula is C22H25N3O5S. The van der Waals surface area contributed by atoms with E-state index in [2.05, 4.69) is 15.0 Å². The van der Waals surface area contributed by atoms with E-state index < -0.39 is 21.7 Å². The first kappa shape index (κ1) is 22.4. The van der Waals surface area contributed by atoms with Crippen LogP contribution in [0, 0.1) is 13.8 Å². The Kier molecular flexibility index (Phi) is 6.65. The predicted molar refractivity (Wildman–Crippen MR) is 120 cm³/mol. The number of ether oxygens (including phenoxy) is 1. The number of hydrogen-bond donors (Lipinski definition) is 2. The van der Waals surface area contributed by atoms with Gasteiger partial charge in [-0.3, -0.25) is 9.52 Å². The summed E-state index contributed by atoms with van der Waals surface area (Å²) < 4.78 is 38.2. The summed E-state index contributed by atoms with van der Waals surface area (Å²) in [5, 5.41) is 2.60. The number of carbonyl (C=O) groups is 1. The fourth-order valence-corrected chi connectivity index (χ4v) is 3.77. The van der Waals surface area contributed by atoms with Crippen LogP contribution in [0.15, 0.2) is 52.9 Å². The lowest BCUT2D eigenvalue weighted by Gasteiger charge is -2.12. The molecule has 1 aromatic heterocycles. The van der Waals surface area contributed by atoms with Gasteiger partial charge in [0.1, 0.15) is 17.3 Å². The predicted octanol–water partition coefficient (Wildman–Crippen LogP) is 4.13. The fraction of sp³-hybridized carbons (Fsp3) is 0.273. The van der Waals surface area contributed by atoms with E-state index in [1.54, 1.807) is 48.5 Å². The molecule has 1 amide bonds. The average Bonchev–Trinajstić information content (AvgIpc) is 3.01. The smallest absolute Gasteiger partial charge is 0.241 e. The number of aryl methyl sites for hydroxylation is 2. The molecule has 1 heterocycles. The monoisotopic (exact) mass is 443 g/mol. The molecule has 2 N–H and O–H groups in total. The first-order chi connectivity index (χ1) is 14.6. The van der Waals surface area contributed by atoms with Gasteiger partial charge in [-0.25, -0.2) is 13.4 Å². The van der Waals surface area contributed by atoms with Crippen molar-refractivity contribution in [2.24, 2.45) is 0 Å². The maximum absolute atomic E-state index is 12.4. The van der Waals surface area contributed by atoms with Crippen LogP contribution in [0.2, 0.25) is 0 Å². The van der Waals surface area contributed by atoms with Crippen LogP contribution >= 0.6 is 0 Å². The molecule has 0 saturated heterocycles. The summed E-state index contributed by atoms with van der Waals surface area (Å²) >= 11 is 0. The molecule has 2 aromatic carbocycles. The van der Waals surface area contributed by atoms with Gasteiger partial charge in [0.15, 0.2) is 0 Å². The molecule has 0 bridgehead atoms. The highest BCUT2D eigenvalue weighted by Crippen LogP contribution is 2.24. The number of amides is 1. The Morgan fingerprint density at radius 1 is 1.10 bits per heavy atom. The van der Waals surface area contributed by atoms with Crippen LogP contribution < -0.4 is 14.8 Å². The molecule has 0 saturated carbocycles. The average molecular weight is 444 g/mol. The van der Waals surface area contributed by atoms with E-state index in [4.69, 9.17) is 9.15 Å². The van der Waals surface area contributed by atoms with E-state index in [1.165, 1.54) is 0 Å². The van der Waals surface area contributed by atoms with Crippen molar-refractivity contribution in [1.29, 1.82) is 0 Å². The molecule has 0 aliphatic heterocycles. The van der Waals surface area contributed by atoms with Crippen molar-refractivity contribution in [3.8, 4) is 17.2 Å². The number of aromatic nitrogens is 1. The van der Waals surface area contributed by atoms with Crippen molar-refractivity contribution in [3.63, 3.8) is 0 Å². The molecule has 0 fully saturated rings. The fourth-order valence-electron chi connectivity index (χ4n) is 2.79. The van der Waals surface area contributed by atoms with E-state index in [-0.39, 0.29) is 6.10 Å². The van der Waals surface area contributed by atoms with Crippen molar-refractivity contribution in [2.45, 2.75) is 33.8 Å². The van der Waals surface area contributed by atoms with Gasteiger partial charge in [-0.05, 0) is 70.2 Å². The minimum atomic E-state index is -3.89. The van der Waals surface area contributed by atoms with Gasteiger partial charge in [-0.2, -0.15) is 0 Å². The number of oxazole rings is 1. The molecule has 0 atom stereocenters. The zero-order valence-electron chi connectivity index (χ0n) is 17.8. The highest BCUT2D eigenvalue weighted by molar-refractivity contribution is 7.93. The van der Waals surface area contributed by atoms with Gasteiger partial charge in [0, 0.05) is 16.9 Å². The number of nitrogens with one attached hydrogen (secondary N) is 2. The number of hydrogen-bond acceptors (Lipinski definition) is 6. The summed E-state index contributed by atoms with van der Waals surface area (Å²) in [6.45, 7) is 7.47. The van der Waals surface area contributed by atoms with Gasteiger partial charge in [-0.1, -0.05) is 6.07 Å². The second-order valence-corrected chi connectivity index (χ2v) is 9.06. The van der Waals surface area contributed by atoms with Gasteiger partial charge in [-0.15, -0.1) is 0 Å². The minimum absolute atomic E-state index is 0.0151. The largest absolute Gasteiger partial charge is 0.491 e. The van der Waals surface area contributed by atoms with E-state index in [0.29, 0.717) is 34.3 Å². The summed E-state index contributed by atoms with van der Waals surface area (Å²) in [4.78, 5) is 16.6. The van der Waals surface area contributed by atoms with Crippen molar-refractivity contribution < 1.29 is 22.4 Å². The first-order valence-electron chi connectivity index (χ1n) is 9.73. The Bertz CT molecular complexity index is 1150. The number of sulfonamides is 1. The molecule has 0 unspecified atom stereocenters. The Morgan fingerprint density at radius 2 is 1.81 bits per heavy atom. The third-order valence-corrected chi connectivity index (χ3v) is 5.43. The number of benzene rings is 2. The highest BCUT2D eigenvalue weighted by Gasteiger charge is 2.17. The van der Waals surface area contributed by atoms with Crippen molar-refractivity contribution >= 4 is 27.3 Å². The van der Waals surface area contributed by atoms with Gasteiger partial charge in [0.2, 0.25) is 21.8 Å². The van der Waals surface area contributed by atoms with E-state index >= 15 is 0 Å². The second kappa shape index (κ2) is 9.22. The molecule has 0 aliphatic rings. The summed E-state index contributed by atoms with van der Waals surface area (Å²) in [5.74, 6) is 0.394. The number of anilines is 2. The Morgan fingerprint density at radius 3 is 2.42 bits per heavy atom. The van der Waals surface area contributed by atoms with Gasteiger partial charge in [0.05, 0.1) is 11.8 Å². The molecule has 3 aromatic rings. The number of rotatable bonds is 8. The molecule has 8 nitrogen and oxygen atoms in total. The Labute approximate surface area is 181 Å². The molecule has 0 spiro atoms.